The number of rotatable bonds is 0. The summed E-state index contributed by atoms with van der Waals surface area (Å²) in [4.78, 5) is 0. The van der Waals surface area contributed by atoms with Crippen molar-refractivity contribution in [2.45, 2.75) is 27.7 Å². The van der Waals surface area contributed by atoms with Crippen molar-refractivity contribution >= 4 is 0 Å². The summed E-state index contributed by atoms with van der Waals surface area (Å²) in [6, 6.07) is 0. The molecule has 0 amide bonds. The van der Waals surface area contributed by atoms with Gasteiger partial charge in [0.2, 0.25) is 0 Å². The van der Waals surface area contributed by atoms with Gasteiger partial charge in [0, 0.05) is 0 Å². The van der Waals surface area contributed by atoms with E-state index in [9.17, 15) is 0 Å². The largest absolute Gasteiger partial charge is 0.0996 e. The van der Waals surface area contributed by atoms with Crippen molar-refractivity contribution in [3.63, 3.8) is 0 Å². The van der Waals surface area contributed by atoms with E-state index in [1.165, 1.54) is 5.57 Å². The highest BCUT2D eigenvalue weighted by atomic mass is 14.3. The maximum Gasteiger partial charge on any atom is -0.0178 e. The molecule has 7 heavy (non-hydrogen) atoms. The predicted octanol–water partition coefficient (Wildman–Crippen LogP) is 2.61. The van der Waals surface area contributed by atoms with Crippen molar-refractivity contribution in [1.29, 1.82) is 0 Å². The topological polar surface area (TPSA) is 0 Å². The second-order valence-electron chi connectivity index (χ2n) is 3.03. The summed E-state index contributed by atoms with van der Waals surface area (Å²) in [6.07, 6.45) is 0. The molecule has 0 aliphatic carbocycles. The lowest BCUT2D eigenvalue weighted by Gasteiger charge is -2.16. The van der Waals surface area contributed by atoms with E-state index < -0.39 is 0 Å². The molecule has 0 atom stereocenters. The second-order valence-corrected chi connectivity index (χ2v) is 3.03. The maximum atomic E-state index is 3.83. The van der Waals surface area contributed by atoms with Gasteiger partial charge in [-0.1, -0.05) is 32.9 Å². The summed E-state index contributed by atoms with van der Waals surface area (Å²) in [5.41, 5.74) is 1.55. The second kappa shape index (κ2) is 1.69. The molecule has 42 valence electrons. The van der Waals surface area contributed by atoms with Gasteiger partial charge >= 0.3 is 0 Å². The van der Waals surface area contributed by atoms with Gasteiger partial charge in [0.25, 0.3) is 0 Å². The van der Waals surface area contributed by atoms with Gasteiger partial charge in [0.1, 0.15) is 0 Å². The van der Waals surface area contributed by atoms with Crippen LogP contribution in [0.3, 0.4) is 0 Å². The Balaban J connectivity index is 3.79. The highest BCUT2D eigenvalue weighted by Crippen LogP contribution is 2.21. The Morgan fingerprint density at radius 3 is 1.43 bits per heavy atom. The fourth-order valence-electron chi connectivity index (χ4n) is 0. The van der Waals surface area contributed by atoms with Crippen LogP contribution < -0.4 is 0 Å². The zero-order valence-corrected chi connectivity index (χ0v) is 5.71. The Bertz CT molecular complexity index is 72.5. The first-order chi connectivity index (χ1) is 2.94. The zero-order valence-electron chi connectivity index (χ0n) is 5.71. The van der Waals surface area contributed by atoms with Gasteiger partial charge in [-0.15, -0.1) is 0 Å². The first kappa shape index (κ1) is 6.74. The molecule has 0 spiro atoms. The minimum absolute atomic E-state index is 0.306. The molecule has 0 unspecified atom stereocenters. The summed E-state index contributed by atoms with van der Waals surface area (Å²) in [6.45, 7) is 12.4. The van der Waals surface area contributed by atoms with E-state index in [-0.39, 0.29) is 0 Å². The van der Waals surface area contributed by atoms with E-state index in [1.54, 1.807) is 0 Å². The monoisotopic (exact) mass is 99.1 g/mol. The van der Waals surface area contributed by atoms with E-state index in [4.69, 9.17) is 0 Å². The molecule has 0 heterocycles. The molecule has 0 aromatic carbocycles. The minimum atomic E-state index is 0.306. The van der Waals surface area contributed by atoms with Crippen molar-refractivity contribution in [3.05, 3.63) is 12.2 Å². The SMILES string of the molecule is C=C(C)C(C)(C)[13CH3]. The Morgan fingerprint density at radius 1 is 1.29 bits per heavy atom. The average Bonchev–Trinajstić information content (AvgIpc) is 1.31. The molecule has 0 rings (SSSR count). The van der Waals surface area contributed by atoms with E-state index >= 15 is 0 Å². The summed E-state index contributed by atoms with van der Waals surface area (Å²) in [5.74, 6) is 0. The quantitative estimate of drug-likeness (QED) is 0.323. The Kier molecular flexibility index (Phi) is 1.63. The van der Waals surface area contributed by atoms with Crippen LogP contribution in [0.2, 0.25) is 0 Å². The van der Waals surface area contributed by atoms with Crippen molar-refractivity contribution in [2.24, 2.45) is 5.41 Å². The average molecular weight is 99.2 g/mol. The van der Waals surface area contributed by atoms with Crippen LogP contribution in [0.5, 0.6) is 0 Å². The highest BCUT2D eigenvalue weighted by molar-refractivity contribution is 4.99. The standard InChI is InChI=1S/C7H14/c1-6(2)7(3,4)5/h1H2,2-5H3/i3+1. The molecule has 0 aromatic heterocycles. The van der Waals surface area contributed by atoms with Gasteiger partial charge in [-0.05, 0) is 12.3 Å². The van der Waals surface area contributed by atoms with Crippen LogP contribution in [-0.2, 0) is 0 Å². The van der Waals surface area contributed by atoms with Crippen molar-refractivity contribution < 1.29 is 0 Å². The molecule has 0 saturated heterocycles. The molecule has 0 radical (unpaired) electrons. The summed E-state index contributed by atoms with van der Waals surface area (Å²) in [7, 11) is 0. The molecule has 0 heteroatoms. The molecular weight excluding hydrogens is 85.1 g/mol. The fourth-order valence-corrected chi connectivity index (χ4v) is 0. The van der Waals surface area contributed by atoms with Crippen molar-refractivity contribution in [2.75, 3.05) is 0 Å². The van der Waals surface area contributed by atoms with Crippen LogP contribution in [0.4, 0.5) is 0 Å². The molecule has 0 aromatic rings. The molecule has 0 aliphatic heterocycles. The number of hydrogen-bond donors (Lipinski definition) is 0. The fraction of sp³-hybridized carbons (Fsp3) is 0.714. The molecular formula is C7H14. The van der Waals surface area contributed by atoms with Crippen LogP contribution >= 0.6 is 0 Å². The van der Waals surface area contributed by atoms with E-state index in [0.29, 0.717) is 5.41 Å². The summed E-state index contributed by atoms with van der Waals surface area (Å²) < 4.78 is 0. The third-order valence-electron chi connectivity index (χ3n) is 1.28. The Labute approximate surface area is 46.2 Å². The van der Waals surface area contributed by atoms with Crippen molar-refractivity contribution in [1.82, 2.24) is 0 Å². The molecule has 0 bridgehead atoms. The van der Waals surface area contributed by atoms with Crippen LogP contribution in [0.1, 0.15) is 27.7 Å². The van der Waals surface area contributed by atoms with E-state index in [2.05, 4.69) is 34.3 Å². The van der Waals surface area contributed by atoms with Gasteiger partial charge in [-0.25, -0.2) is 0 Å². The Hall–Kier alpha value is -0.260. The van der Waals surface area contributed by atoms with Gasteiger partial charge in [-0.2, -0.15) is 0 Å². The predicted molar refractivity (Wildman–Crippen MR) is 34.3 cm³/mol. The lowest BCUT2D eigenvalue weighted by molar-refractivity contribution is 0.506. The normalized spacial score (nSPS) is 11.4. The molecule has 0 nitrogen and oxygen atoms in total. The molecule has 0 fully saturated rings. The lowest BCUT2D eigenvalue weighted by Crippen LogP contribution is -2.04. The Morgan fingerprint density at radius 2 is 1.43 bits per heavy atom. The van der Waals surface area contributed by atoms with Crippen LogP contribution in [0.15, 0.2) is 12.2 Å². The molecule has 0 saturated carbocycles. The van der Waals surface area contributed by atoms with E-state index in [0.717, 1.165) is 0 Å². The first-order valence-electron chi connectivity index (χ1n) is 2.60. The molecule has 0 N–H and O–H groups in total. The lowest BCUT2D eigenvalue weighted by atomic mass is 9.96. The first-order valence-corrected chi connectivity index (χ1v) is 2.60. The van der Waals surface area contributed by atoms with Gasteiger partial charge < -0.3 is 0 Å². The summed E-state index contributed by atoms with van der Waals surface area (Å²) in [5, 5.41) is 0. The van der Waals surface area contributed by atoms with Crippen LogP contribution in [-0.4, -0.2) is 0 Å². The smallest absolute Gasteiger partial charge is 0.0178 e. The highest BCUT2D eigenvalue weighted by Gasteiger charge is 2.08. The van der Waals surface area contributed by atoms with Gasteiger partial charge in [-0.3, -0.25) is 0 Å². The van der Waals surface area contributed by atoms with Crippen molar-refractivity contribution in [3.8, 4) is 0 Å². The third-order valence-corrected chi connectivity index (χ3v) is 1.28. The van der Waals surface area contributed by atoms with E-state index in [1.807, 2.05) is 0 Å². The van der Waals surface area contributed by atoms with Crippen LogP contribution in [0, 0.1) is 5.41 Å². The number of allylic oxidation sites excluding steroid dienone is 1. The summed E-state index contributed by atoms with van der Waals surface area (Å²) >= 11 is 0. The van der Waals surface area contributed by atoms with Gasteiger partial charge in [0.15, 0.2) is 0 Å². The van der Waals surface area contributed by atoms with Crippen LogP contribution in [0.25, 0.3) is 0 Å². The van der Waals surface area contributed by atoms with Gasteiger partial charge in [0.05, 0.1) is 0 Å². The molecule has 0 aliphatic rings. The zero-order chi connectivity index (χ0) is 6.08. The maximum absolute atomic E-state index is 3.83. The minimum Gasteiger partial charge on any atom is -0.0996 e. The number of hydrogen-bond acceptors (Lipinski definition) is 0. The third kappa shape index (κ3) is 2.44.